The van der Waals surface area contributed by atoms with Gasteiger partial charge in [0.25, 0.3) is 0 Å². The van der Waals surface area contributed by atoms with Crippen molar-refractivity contribution in [2.75, 3.05) is 20.8 Å². The van der Waals surface area contributed by atoms with Gasteiger partial charge in [0.1, 0.15) is 11.4 Å². The van der Waals surface area contributed by atoms with Gasteiger partial charge in [0.05, 0.1) is 25.3 Å². The molecule has 0 unspecified atom stereocenters. The van der Waals surface area contributed by atoms with Crippen LogP contribution in [0.1, 0.15) is 26.5 Å². The van der Waals surface area contributed by atoms with Gasteiger partial charge in [0.2, 0.25) is 5.88 Å². The number of ether oxygens (including phenoxy) is 3. The number of aromatic nitrogens is 2. The quantitative estimate of drug-likeness (QED) is 0.808. The van der Waals surface area contributed by atoms with E-state index in [9.17, 15) is 4.79 Å². The second-order valence-corrected chi connectivity index (χ2v) is 5.85. The van der Waals surface area contributed by atoms with E-state index in [1.54, 1.807) is 13.2 Å². The summed E-state index contributed by atoms with van der Waals surface area (Å²) in [6.45, 7) is 5.83. The van der Waals surface area contributed by atoms with Gasteiger partial charge in [-0.25, -0.2) is 14.8 Å². The zero-order valence-corrected chi connectivity index (χ0v) is 13.5. The summed E-state index contributed by atoms with van der Waals surface area (Å²) < 4.78 is 15.3. The molecular weight excluding hydrogens is 284 g/mol. The molecule has 0 fully saturated rings. The monoisotopic (exact) mass is 304 g/mol. The average molecular weight is 304 g/mol. The number of rotatable bonds is 4. The van der Waals surface area contributed by atoms with Gasteiger partial charge in [-0.15, -0.1) is 0 Å². The normalized spacial score (nSPS) is 11.3. The Morgan fingerprint density at radius 3 is 2.45 bits per heavy atom. The number of benzene rings is 1. The lowest BCUT2D eigenvalue weighted by Crippen LogP contribution is -2.20. The van der Waals surface area contributed by atoms with Crippen LogP contribution in [0.2, 0.25) is 0 Å². The SMILES string of the molecule is COC(=O)COc1nc2cc(OC)ccc2nc1C(C)(C)C. The predicted octanol–water partition coefficient (Wildman–Crippen LogP) is 2.49. The largest absolute Gasteiger partial charge is 0.497 e. The minimum Gasteiger partial charge on any atom is -0.497 e. The zero-order valence-electron chi connectivity index (χ0n) is 13.5. The fraction of sp³-hybridized carbons (Fsp3) is 0.438. The number of carbonyl (C=O) groups excluding carboxylic acids is 1. The van der Waals surface area contributed by atoms with Gasteiger partial charge in [0.15, 0.2) is 6.61 Å². The molecule has 0 aliphatic carbocycles. The Hall–Kier alpha value is -2.37. The van der Waals surface area contributed by atoms with Crippen LogP contribution in [0.3, 0.4) is 0 Å². The fourth-order valence-electron chi connectivity index (χ4n) is 1.92. The van der Waals surface area contributed by atoms with E-state index in [0.717, 1.165) is 5.52 Å². The molecule has 1 aromatic heterocycles. The fourth-order valence-corrected chi connectivity index (χ4v) is 1.92. The lowest BCUT2D eigenvalue weighted by atomic mass is 9.92. The van der Waals surface area contributed by atoms with Crippen molar-refractivity contribution in [3.8, 4) is 11.6 Å². The molecule has 0 saturated carbocycles. The Kier molecular flexibility index (Phi) is 4.49. The summed E-state index contributed by atoms with van der Waals surface area (Å²) in [5.41, 5.74) is 1.81. The first-order valence-corrected chi connectivity index (χ1v) is 6.91. The van der Waals surface area contributed by atoms with Crippen LogP contribution in [0.15, 0.2) is 18.2 Å². The van der Waals surface area contributed by atoms with Crippen molar-refractivity contribution in [2.24, 2.45) is 0 Å². The van der Waals surface area contributed by atoms with Crippen molar-refractivity contribution in [3.63, 3.8) is 0 Å². The lowest BCUT2D eigenvalue weighted by Gasteiger charge is -2.21. The van der Waals surface area contributed by atoms with Gasteiger partial charge in [-0.05, 0) is 12.1 Å². The first kappa shape index (κ1) is 16.0. The summed E-state index contributed by atoms with van der Waals surface area (Å²) >= 11 is 0. The molecule has 1 heterocycles. The molecule has 0 saturated heterocycles. The Morgan fingerprint density at radius 2 is 1.86 bits per heavy atom. The van der Waals surface area contributed by atoms with Gasteiger partial charge in [0, 0.05) is 11.5 Å². The Morgan fingerprint density at radius 1 is 1.14 bits per heavy atom. The van der Waals surface area contributed by atoms with Crippen molar-refractivity contribution >= 4 is 17.0 Å². The highest BCUT2D eigenvalue weighted by Crippen LogP contribution is 2.31. The number of esters is 1. The molecule has 6 heteroatoms. The van der Waals surface area contributed by atoms with Crippen LogP contribution >= 0.6 is 0 Å². The highest BCUT2D eigenvalue weighted by Gasteiger charge is 2.24. The molecule has 2 rings (SSSR count). The van der Waals surface area contributed by atoms with E-state index in [-0.39, 0.29) is 12.0 Å². The molecule has 0 aliphatic heterocycles. The third kappa shape index (κ3) is 3.44. The molecule has 0 aliphatic rings. The maximum absolute atomic E-state index is 11.3. The van der Waals surface area contributed by atoms with Crippen LogP contribution in [0, 0.1) is 0 Å². The molecular formula is C16H20N2O4. The first-order chi connectivity index (χ1) is 10.3. The van der Waals surface area contributed by atoms with E-state index in [0.29, 0.717) is 22.8 Å². The van der Waals surface area contributed by atoms with Crippen molar-refractivity contribution in [1.82, 2.24) is 9.97 Å². The second kappa shape index (κ2) is 6.17. The molecule has 6 nitrogen and oxygen atoms in total. The van der Waals surface area contributed by atoms with E-state index in [1.165, 1.54) is 7.11 Å². The first-order valence-electron chi connectivity index (χ1n) is 6.91. The molecule has 1 aromatic carbocycles. The topological polar surface area (TPSA) is 70.5 Å². The van der Waals surface area contributed by atoms with Crippen molar-refractivity contribution in [3.05, 3.63) is 23.9 Å². The van der Waals surface area contributed by atoms with Crippen molar-refractivity contribution < 1.29 is 19.0 Å². The third-order valence-corrected chi connectivity index (χ3v) is 3.10. The highest BCUT2D eigenvalue weighted by atomic mass is 16.6. The molecule has 0 radical (unpaired) electrons. The molecule has 2 aromatic rings. The number of hydrogen-bond acceptors (Lipinski definition) is 6. The van der Waals surface area contributed by atoms with Crippen LogP contribution < -0.4 is 9.47 Å². The van der Waals surface area contributed by atoms with Gasteiger partial charge in [-0.3, -0.25) is 0 Å². The molecule has 118 valence electrons. The number of nitrogens with zero attached hydrogens (tertiary/aromatic N) is 2. The van der Waals surface area contributed by atoms with Crippen LogP contribution in [0.25, 0.3) is 11.0 Å². The van der Waals surface area contributed by atoms with E-state index >= 15 is 0 Å². The highest BCUT2D eigenvalue weighted by molar-refractivity contribution is 5.77. The van der Waals surface area contributed by atoms with E-state index in [1.807, 2.05) is 32.9 Å². The molecule has 0 bridgehead atoms. The lowest BCUT2D eigenvalue weighted by molar-refractivity contribution is -0.143. The smallest absolute Gasteiger partial charge is 0.343 e. The Bertz CT molecular complexity index is 692. The standard InChI is InChI=1S/C16H20N2O4/c1-16(2,3)14-15(22-9-13(19)21-5)18-12-8-10(20-4)6-7-11(12)17-14/h6-8H,9H2,1-5H3. The predicted molar refractivity (Wildman–Crippen MR) is 82.3 cm³/mol. The maximum Gasteiger partial charge on any atom is 0.343 e. The summed E-state index contributed by atoms with van der Waals surface area (Å²) in [6.07, 6.45) is 0. The second-order valence-electron chi connectivity index (χ2n) is 5.85. The van der Waals surface area contributed by atoms with Crippen molar-refractivity contribution in [2.45, 2.75) is 26.2 Å². The van der Waals surface area contributed by atoms with Crippen LogP contribution in [0.5, 0.6) is 11.6 Å². The van der Waals surface area contributed by atoms with E-state index < -0.39 is 5.97 Å². The Balaban J connectivity index is 2.51. The van der Waals surface area contributed by atoms with E-state index in [2.05, 4.69) is 14.7 Å². The minimum absolute atomic E-state index is 0.205. The Labute approximate surface area is 129 Å². The maximum atomic E-state index is 11.3. The number of methoxy groups -OCH3 is 2. The van der Waals surface area contributed by atoms with Gasteiger partial charge < -0.3 is 14.2 Å². The summed E-state index contributed by atoms with van der Waals surface area (Å²) in [5, 5.41) is 0. The van der Waals surface area contributed by atoms with Gasteiger partial charge >= 0.3 is 5.97 Å². The summed E-state index contributed by atoms with van der Waals surface area (Å²) in [5.74, 6) is 0.551. The summed E-state index contributed by atoms with van der Waals surface area (Å²) in [4.78, 5) is 20.4. The third-order valence-electron chi connectivity index (χ3n) is 3.10. The van der Waals surface area contributed by atoms with E-state index in [4.69, 9.17) is 9.47 Å². The number of carbonyl (C=O) groups is 1. The molecule has 22 heavy (non-hydrogen) atoms. The molecule has 0 amide bonds. The number of fused-ring (bicyclic) bond motifs is 1. The van der Waals surface area contributed by atoms with Crippen molar-refractivity contribution in [1.29, 1.82) is 0 Å². The molecule has 0 N–H and O–H groups in total. The average Bonchev–Trinajstić information content (AvgIpc) is 2.49. The van der Waals surface area contributed by atoms with Crippen LogP contribution in [-0.4, -0.2) is 36.8 Å². The van der Waals surface area contributed by atoms with Crippen LogP contribution in [0.4, 0.5) is 0 Å². The molecule has 0 spiro atoms. The molecule has 0 atom stereocenters. The van der Waals surface area contributed by atoms with Crippen LogP contribution in [-0.2, 0) is 14.9 Å². The minimum atomic E-state index is -0.465. The zero-order chi connectivity index (χ0) is 16.3. The van der Waals surface area contributed by atoms with Gasteiger partial charge in [-0.2, -0.15) is 0 Å². The summed E-state index contributed by atoms with van der Waals surface area (Å²) in [7, 11) is 2.90. The summed E-state index contributed by atoms with van der Waals surface area (Å²) in [6, 6.07) is 5.46. The van der Waals surface area contributed by atoms with Gasteiger partial charge in [-0.1, -0.05) is 20.8 Å². The number of hydrogen-bond donors (Lipinski definition) is 0.